The molecule has 0 amide bonds. The quantitative estimate of drug-likeness (QED) is 0.773. The van der Waals surface area contributed by atoms with E-state index in [4.69, 9.17) is 5.73 Å². The molecule has 0 bridgehead atoms. The Labute approximate surface area is 87.3 Å². The van der Waals surface area contributed by atoms with Crippen molar-refractivity contribution in [2.45, 2.75) is 31.2 Å². The van der Waals surface area contributed by atoms with Crippen LogP contribution in [0.5, 0.6) is 0 Å². The van der Waals surface area contributed by atoms with Crippen molar-refractivity contribution in [3.63, 3.8) is 0 Å². The van der Waals surface area contributed by atoms with Crippen molar-refractivity contribution >= 4 is 5.78 Å². The predicted molar refractivity (Wildman–Crippen MR) is 55.3 cm³/mol. The standard InChI is InChI=1S/C10H13N5/c11-10(3-1-4-10)7-8-13-14-9-12-5-2-6-15(8)9/h2,5-6H,1,3-4,7,11H2. The van der Waals surface area contributed by atoms with Crippen molar-refractivity contribution in [3.8, 4) is 0 Å². The molecular weight excluding hydrogens is 190 g/mol. The third kappa shape index (κ3) is 1.39. The van der Waals surface area contributed by atoms with Crippen molar-refractivity contribution in [2.24, 2.45) is 5.73 Å². The summed E-state index contributed by atoms with van der Waals surface area (Å²) in [7, 11) is 0. The SMILES string of the molecule is NC1(Cc2nnc3ncccn23)CCC1. The largest absolute Gasteiger partial charge is 0.325 e. The monoisotopic (exact) mass is 203 g/mol. The fourth-order valence-corrected chi connectivity index (χ4v) is 2.03. The number of fused-ring (bicyclic) bond motifs is 1. The van der Waals surface area contributed by atoms with Crippen molar-refractivity contribution in [1.29, 1.82) is 0 Å². The Kier molecular flexibility index (Phi) is 1.76. The molecule has 0 unspecified atom stereocenters. The van der Waals surface area contributed by atoms with Gasteiger partial charge < -0.3 is 5.73 Å². The summed E-state index contributed by atoms with van der Waals surface area (Å²) >= 11 is 0. The van der Waals surface area contributed by atoms with Crippen molar-refractivity contribution in [2.75, 3.05) is 0 Å². The summed E-state index contributed by atoms with van der Waals surface area (Å²) in [6.07, 6.45) is 7.84. The van der Waals surface area contributed by atoms with Crippen LogP contribution in [0.3, 0.4) is 0 Å². The van der Waals surface area contributed by atoms with E-state index >= 15 is 0 Å². The number of nitrogens with two attached hydrogens (primary N) is 1. The first-order valence-corrected chi connectivity index (χ1v) is 5.20. The van der Waals surface area contributed by atoms with Gasteiger partial charge >= 0.3 is 0 Å². The van der Waals surface area contributed by atoms with Crippen LogP contribution in [0.4, 0.5) is 0 Å². The molecule has 2 aromatic rings. The molecule has 1 aliphatic rings. The molecule has 1 fully saturated rings. The first-order chi connectivity index (χ1) is 7.27. The van der Waals surface area contributed by atoms with Gasteiger partial charge in [-0.25, -0.2) is 4.98 Å². The molecule has 5 nitrogen and oxygen atoms in total. The molecule has 2 heterocycles. The van der Waals surface area contributed by atoms with Gasteiger partial charge in [-0.2, -0.15) is 0 Å². The van der Waals surface area contributed by atoms with Gasteiger partial charge in [-0.1, -0.05) is 0 Å². The average molecular weight is 203 g/mol. The van der Waals surface area contributed by atoms with E-state index in [9.17, 15) is 0 Å². The van der Waals surface area contributed by atoms with E-state index in [0.29, 0.717) is 5.78 Å². The van der Waals surface area contributed by atoms with Gasteiger partial charge in [-0.05, 0) is 25.3 Å². The van der Waals surface area contributed by atoms with Crippen LogP contribution in [0.25, 0.3) is 5.78 Å². The molecule has 15 heavy (non-hydrogen) atoms. The van der Waals surface area contributed by atoms with Crippen LogP contribution in [0.1, 0.15) is 25.1 Å². The second kappa shape index (κ2) is 3.00. The summed E-state index contributed by atoms with van der Waals surface area (Å²) in [6.45, 7) is 0. The van der Waals surface area contributed by atoms with Gasteiger partial charge in [-0.15, -0.1) is 10.2 Å². The molecule has 0 radical (unpaired) electrons. The molecule has 0 spiro atoms. The molecule has 1 aliphatic carbocycles. The van der Waals surface area contributed by atoms with Gasteiger partial charge in [0.1, 0.15) is 5.82 Å². The van der Waals surface area contributed by atoms with Gasteiger partial charge in [0.2, 0.25) is 0 Å². The average Bonchev–Trinajstić information content (AvgIpc) is 2.60. The highest BCUT2D eigenvalue weighted by Crippen LogP contribution is 2.31. The minimum absolute atomic E-state index is 0.0567. The lowest BCUT2D eigenvalue weighted by Gasteiger charge is -2.37. The summed E-state index contributed by atoms with van der Waals surface area (Å²) in [5, 5.41) is 8.14. The number of rotatable bonds is 2. The van der Waals surface area contributed by atoms with E-state index in [1.165, 1.54) is 6.42 Å². The third-order valence-corrected chi connectivity index (χ3v) is 3.12. The molecule has 1 saturated carbocycles. The van der Waals surface area contributed by atoms with E-state index in [-0.39, 0.29) is 5.54 Å². The van der Waals surface area contributed by atoms with Gasteiger partial charge in [0.05, 0.1) is 0 Å². The number of nitrogens with zero attached hydrogens (tertiary/aromatic N) is 4. The van der Waals surface area contributed by atoms with E-state index in [0.717, 1.165) is 25.1 Å². The molecule has 3 rings (SSSR count). The fourth-order valence-electron chi connectivity index (χ4n) is 2.03. The maximum Gasteiger partial charge on any atom is 0.254 e. The maximum absolute atomic E-state index is 6.18. The molecule has 2 N–H and O–H groups in total. The number of aromatic nitrogens is 4. The van der Waals surface area contributed by atoms with Crippen LogP contribution in [0.15, 0.2) is 18.5 Å². The Morgan fingerprint density at radius 3 is 3.00 bits per heavy atom. The van der Waals surface area contributed by atoms with E-state index in [1.807, 2.05) is 16.7 Å². The Bertz CT molecular complexity index is 485. The molecule has 2 aromatic heterocycles. The van der Waals surface area contributed by atoms with Crippen LogP contribution in [-0.2, 0) is 6.42 Å². The lowest BCUT2D eigenvalue weighted by Crippen LogP contribution is -2.48. The Morgan fingerprint density at radius 2 is 2.27 bits per heavy atom. The second-order valence-corrected chi connectivity index (χ2v) is 4.30. The highest BCUT2D eigenvalue weighted by Gasteiger charge is 2.34. The van der Waals surface area contributed by atoms with Crippen molar-refractivity contribution < 1.29 is 0 Å². The zero-order valence-corrected chi connectivity index (χ0v) is 8.43. The minimum Gasteiger partial charge on any atom is -0.325 e. The lowest BCUT2D eigenvalue weighted by molar-refractivity contribution is 0.243. The predicted octanol–water partition coefficient (Wildman–Crippen LogP) is 0.548. The normalized spacial score (nSPS) is 19.0. The van der Waals surface area contributed by atoms with Crippen LogP contribution < -0.4 is 5.73 Å². The molecule has 0 saturated heterocycles. The second-order valence-electron chi connectivity index (χ2n) is 4.30. The van der Waals surface area contributed by atoms with Crippen LogP contribution in [0, 0.1) is 0 Å². The summed E-state index contributed by atoms with van der Waals surface area (Å²) < 4.78 is 1.91. The van der Waals surface area contributed by atoms with E-state index in [2.05, 4.69) is 15.2 Å². The topological polar surface area (TPSA) is 69.1 Å². The Morgan fingerprint density at radius 1 is 1.40 bits per heavy atom. The zero-order chi connectivity index (χ0) is 10.3. The Balaban J connectivity index is 1.97. The number of hydrogen-bond acceptors (Lipinski definition) is 4. The smallest absolute Gasteiger partial charge is 0.254 e. The van der Waals surface area contributed by atoms with Gasteiger partial charge in [0.25, 0.3) is 5.78 Å². The van der Waals surface area contributed by atoms with Gasteiger partial charge in [0.15, 0.2) is 0 Å². The molecular formula is C10H13N5. The first-order valence-electron chi connectivity index (χ1n) is 5.20. The maximum atomic E-state index is 6.18. The summed E-state index contributed by atoms with van der Waals surface area (Å²) in [5.74, 6) is 1.57. The highest BCUT2D eigenvalue weighted by atomic mass is 15.3. The number of hydrogen-bond donors (Lipinski definition) is 1. The fraction of sp³-hybridized carbons (Fsp3) is 0.500. The third-order valence-electron chi connectivity index (χ3n) is 3.12. The van der Waals surface area contributed by atoms with E-state index < -0.39 is 0 Å². The summed E-state index contributed by atoms with van der Waals surface area (Å²) in [6, 6.07) is 1.88. The van der Waals surface area contributed by atoms with Crippen molar-refractivity contribution in [1.82, 2.24) is 19.6 Å². The molecule has 0 aromatic carbocycles. The molecule has 0 atom stereocenters. The molecule has 5 heteroatoms. The highest BCUT2D eigenvalue weighted by molar-refractivity contribution is 5.26. The Hall–Kier alpha value is -1.49. The van der Waals surface area contributed by atoms with Crippen LogP contribution in [0.2, 0.25) is 0 Å². The van der Waals surface area contributed by atoms with Crippen LogP contribution >= 0.6 is 0 Å². The van der Waals surface area contributed by atoms with Gasteiger partial charge in [-0.3, -0.25) is 4.40 Å². The molecule has 78 valence electrons. The lowest BCUT2D eigenvalue weighted by atomic mass is 9.75. The molecule has 0 aliphatic heterocycles. The zero-order valence-electron chi connectivity index (χ0n) is 8.43. The van der Waals surface area contributed by atoms with Crippen molar-refractivity contribution in [3.05, 3.63) is 24.3 Å². The van der Waals surface area contributed by atoms with Gasteiger partial charge in [0, 0.05) is 24.4 Å². The minimum atomic E-state index is -0.0567. The van der Waals surface area contributed by atoms with Crippen LogP contribution in [-0.4, -0.2) is 25.1 Å². The first kappa shape index (κ1) is 8.79. The summed E-state index contributed by atoms with van der Waals surface area (Å²) in [5.41, 5.74) is 6.13. The van der Waals surface area contributed by atoms with E-state index in [1.54, 1.807) is 6.20 Å². The summed E-state index contributed by atoms with van der Waals surface area (Å²) in [4.78, 5) is 4.12.